The predicted molar refractivity (Wildman–Crippen MR) is 66.1 cm³/mol. The summed E-state index contributed by atoms with van der Waals surface area (Å²) in [7, 11) is 1.71. The minimum atomic E-state index is -0.524. The van der Waals surface area contributed by atoms with Crippen molar-refractivity contribution in [3.05, 3.63) is 35.1 Å². The Morgan fingerprint density at radius 3 is 2.89 bits per heavy atom. The van der Waals surface area contributed by atoms with Gasteiger partial charge in [0.2, 0.25) is 5.91 Å². The average Bonchev–Trinajstić information content (AvgIpc) is 2.39. The Morgan fingerprint density at radius 1 is 1.56 bits per heavy atom. The van der Waals surface area contributed by atoms with Gasteiger partial charge in [0.15, 0.2) is 0 Å². The predicted octanol–water partition coefficient (Wildman–Crippen LogP) is 1.27. The number of likely N-dealkylation sites (N-methyl/N-ethyl adjacent to an activating group) is 1. The molecule has 0 atom stereocenters. The van der Waals surface area contributed by atoms with Gasteiger partial charge in [0, 0.05) is 25.7 Å². The average molecular weight is 249 g/mol. The fraction of sp³-hybridized carbons (Fsp3) is 0.385. The largest absolute Gasteiger partial charge is 0.345 e. The number of rotatable bonds is 5. The van der Waals surface area contributed by atoms with Crippen LogP contribution in [0.1, 0.15) is 18.1 Å². The molecule has 0 fully saturated rings. The van der Waals surface area contributed by atoms with Gasteiger partial charge in [-0.05, 0) is 13.0 Å². The zero-order valence-corrected chi connectivity index (χ0v) is 10.5. The van der Waals surface area contributed by atoms with Crippen LogP contribution in [0.4, 0.5) is 4.39 Å². The van der Waals surface area contributed by atoms with Crippen molar-refractivity contribution in [3.63, 3.8) is 0 Å². The van der Waals surface area contributed by atoms with Gasteiger partial charge < -0.3 is 10.2 Å². The zero-order valence-electron chi connectivity index (χ0n) is 10.5. The number of nitrogens with one attached hydrogen (secondary N) is 1. The molecule has 1 N–H and O–H groups in total. The first-order valence-corrected chi connectivity index (χ1v) is 5.72. The second kappa shape index (κ2) is 6.72. The molecule has 0 spiro atoms. The number of hydrogen-bond acceptors (Lipinski definition) is 3. The van der Waals surface area contributed by atoms with Crippen molar-refractivity contribution in [2.75, 3.05) is 20.1 Å². The Morgan fingerprint density at radius 2 is 2.28 bits per heavy atom. The van der Waals surface area contributed by atoms with Gasteiger partial charge in [-0.1, -0.05) is 12.1 Å². The molecule has 1 aromatic carbocycles. The van der Waals surface area contributed by atoms with Crippen molar-refractivity contribution in [1.82, 2.24) is 10.2 Å². The summed E-state index contributed by atoms with van der Waals surface area (Å²) >= 11 is 0. The molecule has 0 bridgehead atoms. The van der Waals surface area contributed by atoms with E-state index in [0.717, 1.165) is 0 Å². The van der Waals surface area contributed by atoms with Crippen LogP contribution < -0.4 is 5.32 Å². The molecule has 0 aliphatic heterocycles. The Bertz CT molecular complexity index is 468. The van der Waals surface area contributed by atoms with Crippen LogP contribution in [0.3, 0.4) is 0 Å². The Hall–Kier alpha value is -1.93. The van der Waals surface area contributed by atoms with Crippen LogP contribution in [0.2, 0.25) is 0 Å². The monoisotopic (exact) mass is 249 g/mol. The van der Waals surface area contributed by atoms with Gasteiger partial charge in [-0.3, -0.25) is 4.79 Å². The zero-order chi connectivity index (χ0) is 13.5. The summed E-state index contributed by atoms with van der Waals surface area (Å²) < 4.78 is 13.7. The normalized spacial score (nSPS) is 9.89. The van der Waals surface area contributed by atoms with E-state index in [1.54, 1.807) is 30.1 Å². The van der Waals surface area contributed by atoms with E-state index < -0.39 is 5.82 Å². The SMILES string of the molecule is CCN(C)C(=O)CNCc1cccc(C#N)c1F. The fourth-order valence-corrected chi connectivity index (χ4v) is 1.42. The van der Waals surface area contributed by atoms with E-state index in [-0.39, 0.29) is 24.6 Å². The van der Waals surface area contributed by atoms with Crippen molar-refractivity contribution in [2.24, 2.45) is 0 Å². The van der Waals surface area contributed by atoms with Crippen molar-refractivity contribution in [2.45, 2.75) is 13.5 Å². The van der Waals surface area contributed by atoms with Crippen molar-refractivity contribution >= 4 is 5.91 Å². The number of amides is 1. The molecular weight excluding hydrogens is 233 g/mol. The van der Waals surface area contributed by atoms with Gasteiger partial charge in [0.05, 0.1) is 12.1 Å². The smallest absolute Gasteiger partial charge is 0.236 e. The number of nitrogens with zero attached hydrogens (tertiary/aromatic N) is 2. The maximum Gasteiger partial charge on any atom is 0.236 e. The summed E-state index contributed by atoms with van der Waals surface area (Å²) in [5, 5.41) is 11.6. The van der Waals surface area contributed by atoms with Crippen LogP contribution in [0.15, 0.2) is 18.2 Å². The number of carbonyl (C=O) groups is 1. The van der Waals surface area contributed by atoms with Gasteiger partial charge in [-0.2, -0.15) is 5.26 Å². The first-order chi connectivity index (χ1) is 8.60. The highest BCUT2D eigenvalue weighted by molar-refractivity contribution is 5.77. The molecule has 0 heterocycles. The first-order valence-electron chi connectivity index (χ1n) is 5.72. The van der Waals surface area contributed by atoms with Gasteiger partial charge in [-0.15, -0.1) is 0 Å². The van der Waals surface area contributed by atoms with E-state index in [4.69, 9.17) is 5.26 Å². The van der Waals surface area contributed by atoms with Crippen LogP contribution in [-0.4, -0.2) is 30.9 Å². The maximum atomic E-state index is 13.7. The molecule has 0 unspecified atom stereocenters. The van der Waals surface area contributed by atoms with Crippen LogP contribution in [0, 0.1) is 17.1 Å². The molecule has 0 saturated carbocycles. The molecule has 0 aliphatic carbocycles. The molecule has 96 valence electrons. The summed E-state index contributed by atoms with van der Waals surface area (Å²) in [6.07, 6.45) is 0. The summed E-state index contributed by atoms with van der Waals surface area (Å²) in [4.78, 5) is 13.1. The summed E-state index contributed by atoms with van der Waals surface area (Å²) in [5.41, 5.74) is 0.410. The van der Waals surface area contributed by atoms with Crippen molar-refractivity contribution in [3.8, 4) is 6.07 Å². The Labute approximate surface area is 106 Å². The van der Waals surface area contributed by atoms with Crippen LogP contribution in [-0.2, 0) is 11.3 Å². The molecule has 0 aromatic heterocycles. The van der Waals surface area contributed by atoms with E-state index in [2.05, 4.69) is 5.32 Å². The Kier molecular flexibility index (Phi) is 5.28. The van der Waals surface area contributed by atoms with Crippen LogP contribution >= 0.6 is 0 Å². The van der Waals surface area contributed by atoms with Gasteiger partial charge >= 0.3 is 0 Å². The number of nitriles is 1. The minimum absolute atomic E-state index is 0.0197. The standard InChI is InChI=1S/C13H16FN3O/c1-3-17(2)12(18)9-16-8-11-6-4-5-10(7-15)13(11)14/h4-6,16H,3,8-9H2,1-2H3. The molecule has 0 saturated heterocycles. The van der Waals surface area contributed by atoms with Crippen LogP contribution in [0.25, 0.3) is 0 Å². The Balaban J connectivity index is 2.55. The molecule has 1 rings (SSSR count). The number of carbonyl (C=O) groups excluding carboxylic acids is 1. The second-order valence-electron chi connectivity index (χ2n) is 3.90. The number of halogens is 1. The molecule has 0 aliphatic rings. The molecular formula is C13H16FN3O. The molecule has 1 amide bonds. The lowest BCUT2D eigenvalue weighted by Crippen LogP contribution is -2.35. The quantitative estimate of drug-likeness (QED) is 0.854. The lowest BCUT2D eigenvalue weighted by atomic mass is 10.1. The number of benzene rings is 1. The summed E-state index contributed by atoms with van der Waals surface area (Å²) in [6, 6.07) is 6.43. The summed E-state index contributed by atoms with van der Waals surface area (Å²) in [6.45, 7) is 2.90. The van der Waals surface area contributed by atoms with E-state index >= 15 is 0 Å². The minimum Gasteiger partial charge on any atom is -0.345 e. The van der Waals surface area contributed by atoms with Crippen molar-refractivity contribution < 1.29 is 9.18 Å². The topological polar surface area (TPSA) is 56.1 Å². The molecule has 1 aromatic rings. The molecule has 0 radical (unpaired) electrons. The highest BCUT2D eigenvalue weighted by Crippen LogP contribution is 2.11. The lowest BCUT2D eigenvalue weighted by Gasteiger charge is -2.14. The van der Waals surface area contributed by atoms with E-state index in [1.165, 1.54) is 6.07 Å². The second-order valence-corrected chi connectivity index (χ2v) is 3.90. The van der Waals surface area contributed by atoms with E-state index in [0.29, 0.717) is 12.1 Å². The highest BCUT2D eigenvalue weighted by atomic mass is 19.1. The molecule has 4 nitrogen and oxygen atoms in total. The highest BCUT2D eigenvalue weighted by Gasteiger charge is 2.09. The third-order valence-corrected chi connectivity index (χ3v) is 2.69. The maximum absolute atomic E-state index is 13.7. The third-order valence-electron chi connectivity index (χ3n) is 2.69. The van der Waals surface area contributed by atoms with Crippen LogP contribution in [0.5, 0.6) is 0 Å². The molecule has 5 heteroatoms. The van der Waals surface area contributed by atoms with E-state index in [9.17, 15) is 9.18 Å². The summed E-state index contributed by atoms with van der Waals surface area (Å²) in [5.74, 6) is -0.571. The van der Waals surface area contributed by atoms with Gasteiger partial charge in [0.25, 0.3) is 0 Å². The molecule has 18 heavy (non-hydrogen) atoms. The van der Waals surface area contributed by atoms with Gasteiger partial charge in [0.1, 0.15) is 11.9 Å². The lowest BCUT2D eigenvalue weighted by molar-refractivity contribution is -0.128. The van der Waals surface area contributed by atoms with E-state index in [1.807, 2.05) is 6.92 Å². The fourth-order valence-electron chi connectivity index (χ4n) is 1.42. The van der Waals surface area contributed by atoms with Gasteiger partial charge in [-0.25, -0.2) is 4.39 Å². The van der Waals surface area contributed by atoms with Crippen molar-refractivity contribution in [1.29, 1.82) is 5.26 Å². The first kappa shape index (κ1) is 14.1. The number of hydrogen-bond donors (Lipinski definition) is 1. The third kappa shape index (κ3) is 3.54.